The Hall–Kier alpha value is -3.07. The largest absolute Gasteiger partial charge is 0.493 e. The van der Waals surface area contributed by atoms with Crippen LogP contribution >= 0.6 is 12.2 Å². The highest BCUT2D eigenvalue weighted by molar-refractivity contribution is 7.80. The average Bonchev–Trinajstić information content (AvgIpc) is 2.75. The summed E-state index contributed by atoms with van der Waals surface area (Å²) in [5.41, 5.74) is 2.04. The van der Waals surface area contributed by atoms with Gasteiger partial charge in [0.2, 0.25) is 0 Å². The van der Waals surface area contributed by atoms with Crippen LogP contribution in [0.4, 0.5) is 5.69 Å². The van der Waals surface area contributed by atoms with Crippen LogP contribution in [0.25, 0.3) is 0 Å². The number of benzene rings is 2. The van der Waals surface area contributed by atoms with Crippen molar-refractivity contribution in [2.24, 2.45) is 0 Å². The Morgan fingerprint density at radius 1 is 1.19 bits per heavy atom. The number of nitro groups is 1. The zero-order valence-electron chi connectivity index (χ0n) is 19.0. The van der Waals surface area contributed by atoms with Gasteiger partial charge in [-0.2, -0.15) is 0 Å². The second-order valence-electron chi connectivity index (χ2n) is 8.61. The summed E-state index contributed by atoms with van der Waals surface area (Å²) in [6.07, 6.45) is 0.801. The molecule has 0 aromatic heterocycles. The number of rotatable bonds is 6. The van der Waals surface area contributed by atoms with Gasteiger partial charge in [0.1, 0.15) is 12.4 Å². The molecule has 8 nitrogen and oxygen atoms in total. The average molecular weight is 460 g/mol. The first-order valence-corrected chi connectivity index (χ1v) is 10.7. The van der Waals surface area contributed by atoms with E-state index in [9.17, 15) is 10.1 Å². The molecule has 0 bridgehead atoms. The summed E-state index contributed by atoms with van der Waals surface area (Å²) in [4.78, 5) is 12.6. The second-order valence-corrected chi connectivity index (χ2v) is 8.99. The van der Waals surface area contributed by atoms with Crippen molar-refractivity contribution in [3.63, 3.8) is 0 Å². The predicted octanol–water partition coefficient (Wildman–Crippen LogP) is 4.26. The van der Waals surface area contributed by atoms with Crippen molar-refractivity contribution in [1.82, 2.24) is 10.2 Å². The fourth-order valence-corrected chi connectivity index (χ4v) is 4.21. The zero-order chi connectivity index (χ0) is 23.5. The molecular weight excluding hydrogens is 430 g/mol. The molecular formula is C23H29N3O5S. The number of thiocarbonyl (C=S) groups is 1. The SMILES string of the molecule is COc1cc2c(cc1OC)[C@H](COc1ccc([N+](=O)[O-])cc1)N(C(=S)NC(C)(C)C)CC2. The Labute approximate surface area is 193 Å². The van der Waals surface area contributed by atoms with E-state index in [-0.39, 0.29) is 17.3 Å². The molecule has 9 heteroatoms. The maximum absolute atomic E-state index is 10.9. The number of ether oxygens (including phenoxy) is 3. The normalized spacial score (nSPS) is 15.5. The van der Waals surface area contributed by atoms with E-state index in [0.717, 1.165) is 24.1 Å². The molecule has 0 amide bonds. The number of methoxy groups -OCH3 is 2. The van der Waals surface area contributed by atoms with Gasteiger partial charge >= 0.3 is 0 Å². The van der Waals surface area contributed by atoms with E-state index in [0.29, 0.717) is 29.0 Å². The van der Waals surface area contributed by atoms with Gasteiger partial charge < -0.3 is 24.4 Å². The highest BCUT2D eigenvalue weighted by Crippen LogP contribution is 2.38. The maximum atomic E-state index is 10.9. The van der Waals surface area contributed by atoms with Crippen molar-refractivity contribution in [1.29, 1.82) is 0 Å². The second kappa shape index (κ2) is 9.60. The van der Waals surface area contributed by atoms with E-state index in [1.54, 1.807) is 26.4 Å². The first kappa shape index (κ1) is 23.6. The van der Waals surface area contributed by atoms with Crippen molar-refractivity contribution in [2.75, 3.05) is 27.4 Å². The lowest BCUT2D eigenvalue weighted by Crippen LogP contribution is -2.52. The van der Waals surface area contributed by atoms with Gasteiger partial charge in [-0.1, -0.05) is 0 Å². The molecule has 3 rings (SSSR count). The third-order valence-corrected chi connectivity index (χ3v) is 5.54. The van der Waals surface area contributed by atoms with E-state index >= 15 is 0 Å². The van der Waals surface area contributed by atoms with Gasteiger partial charge in [-0.15, -0.1) is 0 Å². The summed E-state index contributed by atoms with van der Waals surface area (Å²) in [5.74, 6) is 1.88. The van der Waals surface area contributed by atoms with Gasteiger partial charge in [-0.25, -0.2) is 0 Å². The fourth-order valence-electron chi connectivity index (χ4n) is 3.68. The van der Waals surface area contributed by atoms with E-state index in [2.05, 4.69) is 31.0 Å². The molecule has 1 atom stereocenters. The lowest BCUT2D eigenvalue weighted by atomic mass is 9.92. The lowest BCUT2D eigenvalue weighted by molar-refractivity contribution is -0.384. The molecule has 172 valence electrons. The molecule has 0 saturated heterocycles. The number of nitrogens with zero attached hydrogens (tertiary/aromatic N) is 2. The monoisotopic (exact) mass is 459 g/mol. The Kier molecular flexibility index (Phi) is 7.08. The van der Waals surface area contributed by atoms with Gasteiger partial charge in [0.25, 0.3) is 5.69 Å². The number of nitrogens with one attached hydrogen (secondary N) is 1. The summed E-state index contributed by atoms with van der Waals surface area (Å²) in [6.45, 7) is 7.22. The molecule has 1 N–H and O–H groups in total. The van der Waals surface area contributed by atoms with Crippen LogP contribution in [-0.2, 0) is 6.42 Å². The van der Waals surface area contributed by atoms with E-state index < -0.39 is 4.92 Å². The summed E-state index contributed by atoms with van der Waals surface area (Å²) in [5, 5.41) is 15.0. The Morgan fingerprint density at radius 2 is 1.81 bits per heavy atom. The smallest absolute Gasteiger partial charge is 0.269 e. The van der Waals surface area contributed by atoms with E-state index in [4.69, 9.17) is 26.4 Å². The van der Waals surface area contributed by atoms with Gasteiger partial charge in [0, 0.05) is 24.2 Å². The zero-order valence-corrected chi connectivity index (χ0v) is 19.8. The molecule has 2 aromatic carbocycles. The maximum Gasteiger partial charge on any atom is 0.269 e. The third-order valence-electron chi connectivity index (χ3n) is 5.20. The third kappa shape index (κ3) is 5.40. The minimum absolute atomic E-state index is 0.0226. The minimum Gasteiger partial charge on any atom is -0.493 e. The van der Waals surface area contributed by atoms with E-state index in [1.807, 2.05) is 12.1 Å². The van der Waals surface area contributed by atoms with Crippen LogP contribution < -0.4 is 19.5 Å². The lowest BCUT2D eigenvalue weighted by Gasteiger charge is -2.41. The summed E-state index contributed by atoms with van der Waals surface area (Å²) >= 11 is 5.74. The Morgan fingerprint density at radius 3 is 2.38 bits per heavy atom. The number of nitro benzene ring substituents is 1. The van der Waals surface area contributed by atoms with Crippen LogP contribution in [0.1, 0.15) is 37.9 Å². The Bertz CT molecular complexity index is 988. The molecule has 0 radical (unpaired) electrons. The van der Waals surface area contributed by atoms with Crippen molar-refractivity contribution in [3.05, 3.63) is 57.6 Å². The molecule has 0 aliphatic carbocycles. The van der Waals surface area contributed by atoms with Crippen molar-refractivity contribution >= 4 is 23.0 Å². The van der Waals surface area contributed by atoms with Crippen LogP contribution in [0.2, 0.25) is 0 Å². The van der Waals surface area contributed by atoms with Gasteiger partial charge in [-0.05, 0) is 74.8 Å². The standard InChI is InChI=1S/C23H29N3O5S/c1-23(2,3)24-22(32)25-11-10-15-12-20(29-4)21(30-5)13-18(15)19(25)14-31-17-8-6-16(7-9-17)26(27)28/h6-9,12-13,19H,10-11,14H2,1-5H3,(H,24,32)/t19-/m0/s1. The van der Waals surface area contributed by atoms with Crippen LogP contribution in [0.5, 0.6) is 17.2 Å². The first-order valence-electron chi connectivity index (χ1n) is 10.3. The molecule has 1 heterocycles. The van der Waals surface area contributed by atoms with Crippen LogP contribution in [-0.4, -0.2) is 47.8 Å². The number of fused-ring (bicyclic) bond motifs is 1. The molecule has 32 heavy (non-hydrogen) atoms. The van der Waals surface area contributed by atoms with Gasteiger partial charge in [-0.3, -0.25) is 10.1 Å². The summed E-state index contributed by atoms with van der Waals surface area (Å²) < 4.78 is 17.1. The molecule has 0 fully saturated rings. The number of hydrogen-bond acceptors (Lipinski definition) is 6. The summed E-state index contributed by atoms with van der Waals surface area (Å²) in [6, 6.07) is 9.88. The van der Waals surface area contributed by atoms with Crippen molar-refractivity contribution in [2.45, 2.75) is 38.8 Å². The molecule has 0 spiro atoms. The fraction of sp³-hybridized carbons (Fsp3) is 0.435. The first-order chi connectivity index (χ1) is 15.1. The highest BCUT2D eigenvalue weighted by Gasteiger charge is 2.32. The highest BCUT2D eigenvalue weighted by atomic mass is 32.1. The Balaban J connectivity index is 1.92. The molecule has 0 saturated carbocycles. The van der Waals surface area contributed by atoms with Gasteiger partial charge in [0.05, 0.1) is 25.2 Å². The van der Waals surface area contributed by atoms with Crippen LogP contribution in [0, 0.1) is 10.1 Å². The van der Waals surface area contributed by atoms with Crippen LogP contribution in [0.15, 0.2) is 36.4 Å². The summed E-state index contributed by atoms with van der Waals surface area (Å²) in [7, 11) is 3.23. The predicted molar refractivity (Wildman–Crippen MR) is 127 cm³/mol. The molecule has 2 aromatic rings. The van der Waals surface area contributed by atoms with Crippen molar-refractivity contribution < 1.29 is 19.1 Å². The molecule has 0 unspecified atom stereocenters. The molecule has 1 aliphatic rings. The minimum atomic E-state index is -0.431. The van der Waals surface area contributed by atoms with Crippen LogP contribution in [0.3, 0.4) is 0 Å². The molecule has 1 aliphatic heterocycles. The van der Waals surface area contributed by atoms with Gasteiger partial charge in [0.15, 0.2) is 16.6 Å². The number of non-ortho nitro benzene ring substituents is 1. The number of hydrogen-bond donors (Lipinski definition) is 1. The quantitative estimate of drug-likeness (QED) is 0.390. The topological polar surface area (TPSA) is 86.1 Å². The van der Waals surface area contributed by atoms with E-state index in [1.165, 1.54) is 12.1 Å². The van der Waals surface area contributed by atoms with Crippen molar-refractivity contribution in [3.8, 4) is 17.2 Å².